The number of carbonyl (C=O) groups excluding carboxylic acids is 1. The number of anilines is 2. The molecule has 0 fully saturated rings. The number of hydrogen-bond donors (Lipinski definition) is 3. The SMILES string of the molecule is Cc1cccc(NC(=O)c2cc(F)c(NN)c(F)c2)c1. The highest BCUT2D eigenvalue weighted by atomic mass is 19.1. The first kappa shape index (κ1) is 14.0. The molecule has 4 nitrogen and oxygen atoms in total. The van der Waals surface area contributed by atoms with Gasteiger partial charge in [0, 0.05) is 11.3 Å². The summed E-state index contributed by atoms with van der Waals surface area (Å²) in [5, 5.41) is 2.57. The summed E-state index contributed by atoms with van der Waals surface area (Å²) in [6, 6.07) is 8.92. The monoisotopic (exact) mass is 277 g/mol. The first-order chi connectivity index (χ1) is 9.51. The fourth-order valence-electron chi connectivity index (χ4n) is 1.77. The number of nitrogen functional groups attached to an aromatic ring is 1. The van der Waals surface area contributed by atoms with Gasteiger partial charge >= 0.3 is 0 Å². The zero-order valence-corrected chi connectivity index (χ0v) is 10.7. The highest BCUT2D eigenvalue weighted by Crippen LogP contribution is 2.20. The van der Waals surface area contributed by atoms with Crippen LogP contribution in [0.2, 0.25) is 0 Å². The van der Waals surface area contributed by atoms with E-state index in [0.717, 1.165) is 17.7 Å². The zero-order valence-electron chi connectivity index (χ0n) is 10.7. The van der Waals surface area contributed by atoms with Crippen molar-refractivity contribution in [1.82, 2.24) is 0 Å². The minimum atomic E-state index is -0.929. The highest BCUT2D eigenvalue weighted by molar-refractivity contribution is 6.04. The van der Waals surface area contributed by atoms with Gasteiger partial charge in [-0.2, -0.15) is 0 Å². The lowest BCUT2D eigenvalue weighted by atomic mass is 10.1. The molecule has 20 heavy (non-hydrogen) atoms. The normalized spacial score (nSPS) is 10.2. The van der Waals surface area contributed by atoms with Crippen LogP contribution in [0.4, 0.5) is 20.2 Å². The molecule has 0 aliphatic carbocycles. The van der Waals surface area contributed by atoms with Crippen molar-refractivity contribution in [2.24, 2.45) is 5.84 Å². The summed E-state index contributed by atoms with van der Waals surface area (Å²) in [5.41, 5.74) is 2.82. The molecule has 6 heteroatoms. The number of nitrogens with two attached hydrogens (primary N) is 1. The van der Waals surface area contributed by atoms with Crippen LogP contribution in [0.5, 0.6) is 0 Å². The second-order valence-corrected chi connectivity index (χ2v) is 4.28. The van der Waals surface area contributed by atoms with E-state index in [-0.39, 0.29) is 5.56 Å². The molecule has 0 saturated heterocycles. The minimum Gasteiger partial charge on any atom is -0.322 e. The third kappa shape index (κ3) is 2.92. The predicted molar refractivity (Wildman–Crippen MR) is 73.3 cm³/mol. The molecule has 2 rings (SSSR count). The van der Waals surface area contributed by atoms with E-state index in [1.807, 2.05) is 18.4 Å². The third-order valence-electron chi connectivity index (χ3n) is 2.72. The van der Waals surface area contributed by atoms with E-state index in [9.17, 15) is 13.6 Å². The highest BCUT2D eigenvalue weighted by Gasteiger charge is 2.14. The Morgan fingerprint density at radius 1 is 1.15 bits per heavy atom. The van der Waals surface area contributed by atoms with Crippen LogP contribution in [0.15, 0.2) is 36.4 Å². The Morgan fingerprint density at radius 3 is 2.35 bits per heavy atom. The lowest BCUT2D eigenvalue weighted by Gasteiger charge is -2.09. The standard InChI is InChI=1S/C14H13F2N3O/c1-8-3-2-4-10(5-8)18-14(20)9-6-11(15)13(19-17)12(16)7-9/h2-7,19H,17H2,1H3,(H,18,20). The molecule has 2 aromatic rings. The molecule has 0 saturated carbocycles. The molecule has 0 bridgehead atoms. The summed E-state index contributed by atoms with van der Waals surface area (Å²) in [5.74, 6) is 2.53. The summed E-state index contributed by atoms with van der Waals surface area (Å²) in [7, 11) is 0. The number of rotatable bonds is 3. The van der Waals surface area contributed by atoms with Crippen molar-refractivity contribution in [3.05, 3.63) is 59.2 Å². The Kier molecular flexibility index (Phi) is 3.95. The maximum Gasteiger partial charge on any atom is 0.255 e. The Morgan fingerprint density at radius 2 is 1.80 bits per heavy atom. The molecular formula is C14H13F2N3O. The summed E-state index contributed by atoms with van der Waals surface area (Å²) < 4.78 is 27.0. The van der Waals surface area contributed by atoms with Crippen LogP contribution < -0.4 is 16.6 Å². The molecule has 0 aromatic heterocycles. The molecule has 2 aromatic carbocycles. The third-order valence-corrected chi connectivity index (χ3v) is 2.72. The summed E-state index contributed by atoms with van der Waals surface area (Å²) in [6.45, 7) is 1.87. The van der Waals surface area contributed by atoms with E-state index in [1.165, 1.54) is 0 Å². The number of carbonyl (C=O) groups is 1. The fourth-order valence-corrected chi connectivity index (χ4v) is 1.77. The van der Waals surface area contributed by atoms with Crippen LogP contribution in [0.3, 0.4) is 0 Å². The Labute approximate surface area is 114 Å². The van der Waals surface area contributed by atoms with Crippen LogP contribution in [0.1, 0.15) is 15.9 Å². The lowest BCUT2D eigenvalue weighted by molar-refractivity contribution is 0.102. The van der Waals surface area contributed by atoms with Crippen molar-refractivity contribution in [3.8, 4) is 0 Å². The van der Waals surface area contributed by atoms with Crippen molar-refractivity contribution in [2.45, 2.75) is 6.92 Å². The Balaban J connectivity index is 2.26. The smallest absolute Gasteiger partial charge is 0.255 e. The van der Waals surface area contributed by atoms with E-state index in [1.54, 1.807) is 18.2 Å². The summed E-state index contributed by atoms with van der Waals surface area (Å²) >= 11 is 0. The van der Waals surface area contributed by atoms with Gasteiger partial charge in [-0.3, -0.25) is 10.6 Å². The Bertz CT molecular complexity index is 636. The van der Waals surface area contributed by atoms with Gasteiger partial charge in [0.1, 0.15) is 5.69 Å². The summed E-state index contributed by atoms with van der Waals surface area (Å²) in [6.07, 6.45) is 0. The molecule has 0 radical (unpaired) electrons. The minimum absolute atomic E-state index is 0.125. The number of amides is 1. The van der Waals surface area contributed by atoms with Gasteiger partial charge in [0.2, 0.25) is 0 Å². The van der Waals surface area contributed by atoms with Crippen molar-refractivity contribution in [2.75, 3.05) is 10.7 Å². The van der Waals surface area contributed by atoms with Crippen LogP contribution >= 0.6 is 0 Å². The summed E-state index contributed by atoms with van der Waals surface area (Å²) in [4.78, 5) is 11.9. The van der Waals surface area contributed by atoms with Crippen LogP contribution in [0.25, 0.3) is 0 Å². The zero-order chi connectivity index (χ0) is 14.7. The van der Waals surface area contributed by atoms with Crippen LogP contribution in [-0.4, -0.2) is 5.91 Å². The van der Waals surface area contributed by atoms with Gasteiger partial charge in [0.05, 0.1) is 0 Å². The van der Waals surface area contributed by atoms with Crippen molar-refractivity contribution < 1.29 is 13.6 Å². The molecule has 0 unspecified atom stereocenters. The van der Waals surface area contributed by atoms with Crippen LogP contribution in [-0.2, 0) is 0 Å². The second-order valence-electron chi connectivity index (χ2n) is 4.28. The van der Waals surface area contributed by atoms with Gasteiger partial charge < -0.3 is 10.7 Å². The van der Waals surface area contributed by atoms with E-state index < -0.39 is 23.2 Å². The average molecular weight is 277 g/mol. The molecule has 0 heterocycles. The maximum atomic E-state index is 13.5. The van der Waals surface area contributed by atoms with Gasteiger partial charge in [-0.05, 0) is 36.8 Å². The number of halogens is 2. The van der Waals surface area contributed by atoms with Crippen LogP contribution in [0, 0.1) is 18.6 Å². The van der Waals surface area contributed by atoms with Crippen molar-refractivity contribution in [3.63, 3.8) is 0 Å². The van der Waals surface area contributed by atoms with Crippen molar-refractivity contribution in [1.29, 1.82) is 0 Å². The number of hydrazine groups is 1. The van der Waals surface area contributed by atoms with E-state index in [4.69, 9.17) is 5.84 Å². The lowest BCUT2D eigenvalue weighted by Crippen LogP contribution is -2.15. The second kappa shape index (κ2) is 5.66. The number of aryl methyl sites for hydroxylation is 1. The van der Waals surface area contributed by atoms with E-state index in [2.05, 4.69) is 5.32 Å². The largest absolute Gasteiger partial charge is 0.322 e. The quantitative estimate of drug-likeness (QED) is 0.597. The first-order valence-electron chi connectivity index (χ1n) is 5.85. The Hall–Kier alpha value is -2.47. The molecule has 0 atom stereocenters. The van der Waals surface area contributed by atoms with Gasteiger partial charge in [0.25, 0.3) is 5.91 Å². The van der Waals surface area contributed by atoms with Crippen molar-refractivity contribution >= 4 is 17.3 Å². The molecular weight excluding hydrogens is 264 g/mol. The average Bonchev–Trinajstić information content (AvgIpc) is 2.38. The predicted octanol–water partition coefficient (Wildman–Crippen LogP) is 2.81. The molecule has 0 spiro atoms. The number of benzene rings is 2. The van der Waals surface area contributed by atoms with Gasteiger partial charge in [-0.25, -0.2) is 8.78 Å². The molecule has 1 amide bonds. The van der Waals surface area contributed by atoms with Gasteiger partial charge in [0.15, 0.2) is 11.6 Å². The topological polar surface area (TPSA) is 67.2 Å². The fraction of sp³-hybridized carbons (Fsp3) is 0.0714. The van der Waals surface area contributed by atoms with E-state index >= 15 is 0 Å². The molecule has 4 N–H and O–H groups in total. The molecule has 104 valence electrons. The molecule has 0 aliphatic heterocycles. The maximum absolute atomic E-state index is 13.5. The number of hydrogen-bond acceptors (Lipinski definition) is 3. The molecule has 0 aliphatic rings. The van der Waals surface area contributed by atoms with Gasteiger partial charge in [-0.15, -0.1) is 0 Å². The van der Waals surface area contributed by atoms with Gasteiger partial charge in [-0.1, -0.05) is 12.1 Å². The number of nitrogens with one attached hydrogen (secondary N) is 2. The first-order valence-corrected chi connectivity index (χ1v) is 5.85. The van der Waals surface area contributed by atoms with E-state index in [0.29, 0.717) is 5.69 Å².